The molecule has 0 fully saturated rings. The first-order valence-electron chi connectivity index (χ1n) is 9.09. The molecule has 0 aromatic heterocycles. The summed E-state index contributed by atoms with van der Waals surface area (Å²) in [7, 11) is 0. The topological polar surface area (TPSA) is 87.3 Å². The molecule has 3 N–H and O–H groups in total. The monoisotopic (exact) mass is 385 g/mol. The number of benzene rings is 2. The number of rotatable bonds is 7. The van der Waals surface area contributed by atoms with Crippen LogP contribution in [0.5, 0.6) is 0 Å². The standard InChI is InChI=1S/C21H24FN3O3/c1-3-14(2)19(23-20(27)16-7-5-4-6-8-16)21(28)25-24-18(26)13-15-9-11-17(22)12-10-15/h4-12,14,19H,3,13H2,1-2H3,(H,23,27)(H,24,26)(H,25,28)/t14-,19+/m0/s1. The van der Waals surface area contributed by atoms with Gasteiger partial charge in [0.05, 0.1) is 6.42 Å². The third kappa shape index (κ3) is 6.19. The molecule has 6 nitrogen and oxygen atoms in total. The molecule has 0 radical (unpaired) electrons. The van der Waals surface area contributed by atoms with Crippen molar-refractivity contribution < 1.29 is 18.8 Å². The Morgan fingerprint density at radius 2 is 1.61 bits per heavy atom. The molecule has 0 unspecified atom stereocenters. The Hall–Kier alpha value is -3.22. The molecule has 0 aliphatic heterocycles. The lowest BCUT2D eigenvalue weighted by atomic mass is 9.98. The van der Waals surface area contributed by atoms with Crippen LogP contribution in [0.15, 0.2) is 54.6 Å². The fourth-order valence-electron chi connectivity index (χ4n) is 2.56. The molecule has 2 rings (SSSR count). The second-order valence-corrected chi connectivity index (χ2v) is 6.54. The molecule has 0 heterocycles. The minimum absolute atomic E-state index is 0.00900. The van der Waals surface area contributed by atoms with E-state index in [1.807, 2.05) is 13.8 Å². The maximum absolute atomic E-state index is 12.9. The summed E-state index contributed by atoms with van der Waals surface area (Å²) >= 11 is 0. The molecule has 148 valence electrons. The van der Waals surface area contributed by atoms with Crippen molar-refractivity contribution in [3.8, 4) is 0 Å². The van der Waals surface area contributed by atoms with Crippen molar-refractivity contribution in [2.24, 2.45) is 5.92 Å². The van der Waals surface area contributed by atoms with Crippen molar-refractivity contribution in [1.82, 2.24) is 16.2 Å². The van der Waals surface area contributed by atoms with Crippen LogP contribution in [0.4, 0.5) is 4.39 Å². The predicted octanol–water partition coefficient (Wildman–Crippen LogP) is 2.36. The largest absolute Gasteiger partial charge is 0.340 e. The molecular formula is C21H24FN3O3. The van der Waals surface area contributed by atoms with Gasteiger partial charge < -0.3 is 5.32 Å². The van der Waals surface area contributed by atoms with Crippen molar-refractivity contribution >= 4 is 17.7 Å². The zero-order valence-corrected chi connectivity index (χ0v) is 15.9. The highest BCUT2D eigenvalue weighted by Crippen LogP contribution is 2.09. The quantitative estimate of drug-likeness (QED) is 0.640. The highest BCUT2D eigenvalue weighted by molar-refractivity contribution is 5.97. The molecule has 3 amide bonds. The van der Waals surface area contributed by atoms with Crippen LogP contribution >= 0.6 is 0 Å². The summed E-state index contributed by atoms with van der Waals surface area (Å²) < 4.78 is 12.9. The fraction of sp³-hybridized carbons (Fsp3) is 0.286. The van der Waals surface area contributed by atoms with Crippen molar-refractivity contribution in [2.75, 3.05) is 0 Å². The number of halogens is 1. The summed E-state index contributed by atoms with van der Waals surface area (Å²) in [6.45, 7) is 3.75. The van der Waals surface area contributed by atoms with E-state index >= 15 is 0 Å². The average molecular weight is 385 g/mol. The van der Waals surface area contributed by atoms with Gasteiger partial charge in [-0.05, 0) is 35.7 Å². The maximum Gasteiger partial charge on any atom is 0.261 e. The van der Waals surface area contributed by atoms with Crippen LogP contribution in [-0.2, 0) is 16.0 Å². The summed E-state index contributed by atoms with van der Waals surface area (Å²) in [5, 5.41) is 2.72. The van der Waals surface area contributed by atoms with Gasteiger partial charge in [-0.1, -0.05) is 50.6 Å². The number of hydrogen-bond donors (Lipinski definition) is 3. The lowest BCUT2D eigenvalue weighted by molar-refractivity contribution is -0.130. The molecule has 2 aromatic rings. The minimum Gasteiger partial charge on any atom is -0.340 e. The zero-order valence-electron chi connectivity index (χ0n) is 15.9. The minimum atomic E-state index is -0.802. The number of carbonyl (C=O) groups excluding carboxylic acids is 3. The molecule has 0 aliphatic carbocycles. The van der Waals surface area contributed by atoms with E-state index in [0.717, 1.165) is 0 Å². The van der Waals surface area contributed by atoms with Gasteiger partial charge in [-0.15, -0.1) is 0 Å². The maximum atomic E-state index is 12.9. The Balaban J connectivity index is 1.93. The molecule has 0 saturated carbocycles. The van der Waals surface area contributed by atoms with Gasteiger partial charge in [0, 0.05) is 5.56 Å². The summed E-state index contributed by atoms with van der Waals surface area (Å²) in [5.41, 5.74) is 5.76. The van der Waals surface area contributed by atoms with E-state index in [-0.39, 0.29) is 24.1 Å². The average Bonchev–Trinajstić information content (AvgIpc) is 2.71. The number of hydrogen-bond acceptors (Lipinski definition) is 3. The van der Waals surface area contributed by atoms with Gasteiger partial charge in [-0.25, -0.2) is 4.39 Å². The lowest BCUT2D eigenvalue weighted by Gasteiger charge is -2.23. The van der Waals surface area contributed by atoms with Crippen LogP contribution in [0.1, 0.15) is 36.2 Å². The number of hydrazine groups is 1. The third-order valence-corrected chi connectivity index (χ3v) is 4.42. The molecule has 0 spiro atoms. The Kier molecular flexibility index (Phi) is 7.68. The Morgan fingerprint density at radius 1 is 0.964 bits per heavy atom. The molecule has 28 heavy (non-hydrogen) atoms. The normalized spacial score (nSPS) is 12.5. The van der Waals surface area contributed by atoms with Crippen LogP contribution in [0.3, 0.4) is 0 Å². The molecule has 2 atom stereocenters. The van der Waals surface area contributed by atoms with Crippen LogP contribution in [0, 0.1) is 11.7 Å². The van der Waals surface area contributed by atoms with E-state index in [2.05, 4.69) is 16.2 Å². The summed E-state index contributed by atoms with van der Waals surface area (Å²) in [4.78, 5) is 36.9. The number of nitrogens with one attached hydrogen (secondary N) is 3. The Labute approximate surface area is 163 Å². The number of carbonyl (C=O) groups is 3. The first-order valence-corrected chi connectivity index (χ1v) is 9.09. The van der Waals surface area contributed by atoms with E-state index in [1.54, 1.807) is 30.3 Å². The summed E-state index contributed by atoms with van der Waals surface area (Å²) in [5.74, 6) is -1.84. The fourth-order valence-corrected chi connectivity index (χ4v) is 2.56. The smallest absolute Gasteiger partial charge is 0.261 e. The van der Waals surface area contributed by atoms with Gasteiger partial charge >= 0.3 is 0 Å². The number of amides is 3. The van der Waals surface area contributed by atoms with Gasteiger partial charge in [0.15, 0.2) is 0 Å². The Morgan fingerprint density at radius 3 is 2.21 bits per heavy atom. The molecule has 0 aliphatic rings. The van der Waals surface area contributed by atoms with Gasteiger partial charge in [0.2, 0.25) is 5.91 Å². The highest BCUT2D eigenvalue weighted by atomic mass is 19.1. The third-order valence-electron chi connectivity index (χ3n) is 4.42. The molecule has 0 bridgehead atoms. The summed E-state index contributed by atoms with van der Waals surface area (Å²) in [6.07, 6.45) is 0.654. The van der Waals surface area contributed by atoms with E-state index in [9.17, 15) is 18.8 Å². The van der Waals surface area contributed by atoms with E-state index in [0.29, 0.717) is 17.5 Å². The van der Waals surface area contributed by atoms with Gasteiger partial charge in [0.1, 0.15) is 11.9 Å². The first-order chi connectivity index (χ1) is 13.4. The van der Waals surface area contributed by atoms with Gasteiger partial charge in [-0.2, -0.15) is 0 Å². The zero-order chi connectivity index (χ0) is 20.5. The second-order valence-electron chi connectivity index (χ2n) is 6.54. The van der Waals surface area contributed by atoms with Crippen molar-refractivity contribution in [1.29, 1.82) is 0 Å². The summed E-state index contributed by atoms with van der Waals surface area (Å²) in [6, 6.07) is 13.3. The highest BCUT2D eigenvalue weighted by Gasteiger charge is 2.26. The van der Waals surface area contributed by atoms with Crippen molar-refractivity contribution in [3.05, 3.63) is 71.5 Å². The Bertz CT molecular complexity index is 809. The van der Waals surface area contributed by atoms with Crippen LogP contribution in [0.25, 0.3) is 0 Å². The molecular weight excluding hydrogens is 361 g/mol. The van der Waals surface area contributed by atoms with Crippen molar-refractivity contribution in [2.45, 2.75) is 32.7 Å². The van der Waals surface area contributed by atoms with E-state index in [1.165, 1.54) is 24.3 Å². The van der Waals surface area contributed by atoms with Gasteiger partial charge in [0.25, 0.3) is 11.8 Å². The van der Waals surface area contributed by atoms with Gasteiger partial charge in [-0.3, -0.25) is 25.2 Å². The first kappa shape index (κ1) is 21.1. The molecule has 2 aromatic carbocycles. The predicted molar refractivity (Wildman–Crippen MR) is 104 cm³/mol. The van der Waals surface area contributed by atoms with Crippen LogP contribution in [0.2, 0.25) is 0 Å². The van der Waals surface area contributed by atoms with Crippen molar-refractivity contribution in [3.63, 3.8) is 0 Å². The lowest BCUT2D eigenvalue weighted by Crippen LogP contribution is -2.54. The molecule has 0 saturated heterocycles. The van der Waals surface area contributed by atoms with E-state index in [4.69, 9.17) is 0 Å². The van der Waals surface area contributed by atoms with E-state index < -0.39 is 17.9 Å². The SMILES string of the molecule is CC[C@H](C)[C@@H](NC(=O)c1ccccc1)C(=O)NNC(=O)Cc1ccc(F)cc1. The van der Waals surface area contributed by atoms with Crippen LogP contribution < -0.4 is 16.2 Å². The second kappa shape index (κ2) is 10.2. The molecule has 7 heteroatoms. The van der Waals surface area contributed by atoms with Crippen LogP contribution in [-0.4, -0.2) is 23.8 Å².